The van der Waals surface area contributed by atoms with Crippen LogP contribution in [0.15, 0.2) is 0 Å². The molecule has 0 aromatic carbocycles. The quantitative estimate of drug-likeness (QED) is 0.235. The standard InChI is InChI=1S/4Dy.12H2O.3Ti/h;;;;12*1H2;;;/q4*+3;;;;;;;;;;;;;;;/p-12. The van der Waals surface area contributed by atoms with E-state index in [1.54, 1.807) is 0 Å². The van der Waals surface area contributed by atoms with Gasteiger partial charge in [0.05, 0.1) is 0 Å². The topological polar surface area (TPSA) is 360 Å². The first kappa shape index (κ1) is 346. The van der Waals surface area contributed by atoms with E-state index in [0.717, 1.165) is 0 Å². The molecule has 0 rings (SSSR count). The maximum atomic E-state index is 0. The van der Waals surface area contributed by atoms with Crippen molar-refractivity contribution in [3.05, 3.63) is 0 Å². The molecule has 0 aliphatic rings. The van der Waals surface area contributed by atoms with Gasteiger partial charge in [-0.05, 0) is 0 Å². The van der Waals surface area contributed by atoms with Crippen molar-refractivity contribution >= 4 is 0 Å². The predicted octanol–water partition coefficient (Wildman–Crippen LogP) is -2.13. The van der Waals surface area contributed by atoms with E-state index in [4.69, 9.17) is 0 Å². The molecule has 19 heteroatoms. The average Bonchev–Trinajstić information content (AvgIpc) is 0. The molecule has 19 heavy (non-hydrogen) atoms. The van der Waals surface area contributed by atoms with Crippen LogP contribution in [0, 0.1) is 153 Å². The summed E-state index contributed by atoms with van der Waals surface area (Å²) < 4.78 is 0. The molecule has 12 nitrogen and oxygen atoms in total. The molecule has 0 saturated carbocycles. The van der Waals surface area contributed by atoms with Crippen molar-refractivity contribution in [3.8, 4) is 0 Å². The van der Waals surface area contributed by atoms with Crippen molar-refractivity contribution in [1.82, 2.24) is 0 Å². The smallest absolute Gasteiger partial charge is 0.870 e. The van der Waals surface area contributed by atoms with Crippen LogP contribution < -0.4 is 0 Å². The molecule has 0 bridgehead atoms. The summed E-state index contributed by atoms with van der Waals surface area (Å²) in [6.45, 7) is 0. The maximum absolute atomic E-state index is 0. The van der Waals surface area contributed by atoms with Crippen LogP contribution >= 0.6 is 0 Å². The predicted molar refractivity (Wildman–Crippen MR) is 23.2 cm³/mol. The normalized spacial score (nSPS) is 0. The third kappa shape index (κ3) is 281. The van der Waals surface area contributed by atoms with E-state index in [-0.39, 0.29) is 284 Å². The Balaban J connectivity index is 0. The Morgan fingerprint density at radius 3 is 0.158 bits per heavy atom. The van der Waals surface area contributed by atoms with Gasteiger partial charge in [-0.1, -0.05) is 0 Å². The van der Waals surface area contributed by atoms with E-state index in [9.17, 15) is 0 Å². The van der Waals surface area contributed by atoms with Crippen LogP contribution in [0.1, 0.15) is 0 Å². The molecule has 0 unspecified atom stereocenters. The molecule has 4 radical (unpaired) electrons. The number of hydrogen-bond acceptors (Lipinski definition) is 12. The number of hydrogen-bond donors (Lipinski definition) is 0. The first-order valence-electron chi connectivity index (χ1n) is 0. The minimum absolute atomic E-state index is 0. The van der Waals surface area contributed by atoms with E-state index < -0.39 is 0 Å². The van der Waals surface area contributed by atoms with E-state index in [0.29, 0.717) is 0 Å². The van der Waals surface area contributed by atoms with Crippen molar-refractivity contribution in [2.45, 2.75) is 0 Å². The van der Waals surface area contributed by atoms with Crippen molar-refractivity contribution in [1.29, 1.82) is 0 Å². The fourth-order valence-corrected chi connectivity index (χ4v) is 0. The van der Waals surface area contributed by atoms with Crippen molar-refractivity contribution < 1.29 is 284 Å². The summed E-state index contributed by atoms with van der Waals surface area (Å²) in [7, 11) is 0. The molecular weight excluding hydrogens is 986 g/mol. The second kappa shape index (κ2) is 306. The maximum Gasteiger partial charge on any atom is 3.00 e. The van der Waals surface area contributed by atoms with Gasteiger partial charge in [-0.2, -0.15) is 0 Å². The zero-order valence-corrected chi connectivity index (χ0v) is 20.9. The van der Waals surface area contributed by atoms with Crippen LogP contribution in [0.5, 0.6) is 0 Å². The summed E-state index contributed by atoms with van der Waals surface area (Å²) in [5.74, 6) is 0. The molecule has 0 aromatic heterocycles. The van der Waals surface area contributed by atoms with Crippen molar-refractivity contribution in [2.75, 3.05) is 0 Å². The Kier molecular flexibility index (Phi) is 5580. The molecule has 0 heterocycles. The van der Waals surface area contributed by atoms with Crippen LogP contribution in [-0.2, 0) is 65.2 Å². The average molecular weight is 998 g/mol. The Bertz CT molecular complexity index is 24.9. The fraction of sp³-hybridized carbons (Fsp3) is 0. The second-order valence-electron chi connectivity index (χ2n) is 0. The van der Waals surface area contributed by atoms with Gasteiger partial charge in [-0.15, -0.1) is 0 Å². The molecule has 0 aromatic rings. The fourth-order valence-electron chi connectivity index (χ4n) is 0. The first-order valence-corrected chi connectivity index (χ1v) is 0. The van der Waals surface area contributed by atoms with Gasteiger partial charge in [0.1, 0.15) is 0 Å². The Hall–Kier alpha value is 6.75. The zero-order valence-electron chi connectivity index (χ0n) is 8.13. The third-order valence-corrected chi connectivity index (χ3v) is 0. The Labute approximate surface area is 276 Å². The van der Waals surface area contributed by atoms with Gasteiger partial charge < -0.3 is 65.7 Å². The molecule has 0 saturated heterocycles. The minimum Gasteiger partial charge on any atom is -0.870 e. The first-order chi connectivity index (χ1) is 0. The second-order valence-corrected chi connectivity index (χ2v) is 0. The van der Waals surface area contributed by atoms with Gasteiger partial charge in [0, 0.05) is 65.2 Å². The van der Waals surface area contributed by atoms with Crippen molar-refractivity contribution in [3.63, 3.8) is 0 Å². The van der Waals surface area contributed by atoms with E-state index >= 15 is 0 Å². The molecule has 12 N–H and O–H groups in total. The summed E-state index contributed by atoms with van der Waals surface area (Å²) in [6, 6.07) is 0. The molecular formula is H12Dy4O12Ti3. The summed E-state index contributed by atoms with van der Waals surface area (Å²) in [4.78, 5) is 0. The van der Waals surface area contributed by atoms with E-state index in [1.165, 1.54) is 0 Å². The third-order valence-electron chi connectivity index (χ3n) is 0. The molecule has 0 aliphatic carbocycles. The molecule has 0 fully saturated rings. The molecule has 0 aliphatic heterocycles. The number of rotatable bonds is 0. The van der Waals surface area contributed by atoms with Crippen LogP contribution in [0.25, 0.3) is 0 Å². The van der Waals surface area contributed by atoms with Crippen molar-refractivity contribution in [2.24, 2.45) is 0 Å². The van der Waals surface area contributed by atoms with Crippen LogP contribution in [0.2, 0.25) is 0 Å². The van der Waals surface area contributed by atoms with Gasteiger partial charge in [-0.25, -0.2) is 0 Å². The van der Waals surface area contributed by atoms with Crippen LogP contribution in [-0.4, -0.2) is 65.7 Å². The molecule has 136 valence electrons. The van der Waals surface area contributed by atoms with Gasteiger partial charge in [0.25, 0.3) is 0 Å². The molecule has 0 atom stereocenters. The van der Waals surface area contributed by atoms with Gasteiger partial charge in [-0.3, -0.25) is 0 Å². The van der Waals surface area contributed by atoms with Gasteiger partial charge in [0.2, 0.25) is 0 Å². The summed E-state index contributed by atoms with van der Waals surface area (Å²) in [5, 5.41) is 0. The van der Waals surface area contributed by atoms with E-state index in [2.05, 4.69) is 0 Å². The Morgan fingerprint density at radius 2 is 0.158 bits per heavy atom. The van der Waals surface area contributed by atoms with Crippen LogP contribution in [0.4, 0.5) is 0 Å². The Morgan fingerprint density at radius 1 is 0.158 bits per heavy atom. The van der Waals surface area contributed by atoms with Gasteiger partial charge >= 0.3 is 153 Å². The summed E-state index contributed by atoms with van der Waals surface area (Å²) in [6.07, 6.45) is 0. The van der Waals surface area contributed by atoms with E-state index in [1.807, 2.05) is 0 Å². The molecule has 0 spiro atoms. The zero-order chi connectivity index (χ0) is 0. The monoisotopic (exact) mass is 1000 g/mol. The SMILES string of the molecule is [Dy+3].[Dy+3].[Dy+3].[Dy+3].[OH-].[OH-].[OH-].[OH-].[OH-].[OH-].[OH-].[OH-].[OH-].[OH-].[OH-].[OH-].[Ti].[Ti].[Ti]. The van der Waals surface area contributed by atoms with Gasteiger partial charge in [0.15, 0.2) is 0 Å². The summed E-state index contributed by atoms with van der Waals surface area (Å²) >= 11 is 0. The minimum atomic E-state index is 0. The largest absolute Gasteiger partial charge is 3.00 e. The summed E-state index contributed by atoms with van der Waals surface area (Å²) in [5.41, 5.74) is 0. The van der Waals surface area contributed by atoms with Crippen LogP contribution in [0.3, 0.4) is 0 Å². The molecule has 0 amide bonds.